The first-order valence-electron chi connectivity index (χ1n) is 6.95. The third-order valence-electron chi connectivity index (χ3n) is 3.30. The van der Waals surface area contributed by atoms with E-state index in [1.54, 1.807) is 12.1 Å². The number of hydrogen-bond acceptors (Lipinski definition) is 3. The maximum Gasteiger partial charge on any atom is 0.238 e. The molecule has 0 aliphatic heterocycles. The molecule has 0 N–H and O–H groups in total. The van der Waals surface area contributed by atoms with Crippen molar-refractivity contribution >= 4 is 22.4 Å². The minimum absolute atomic E-state index is 0.341. The first-order chi connectivity index (χ1) is 10.6. The molecule has 0 fully saturated rings. The minimum Gasteiger partial charge on any atom is -0.437 e. The van der Waals surface area contributed by atoms with Crippen LogP contribution in [0.4, 0.5) is 0 Å². The van der Waals surface area contributed by atoms with Crippen molar-refractivity contribution in [2.24, 2.45) is 0 Å². The van der Waals surface area contributed by atoms with E-state index in [9.17, 15) is 0 Å². The molecule has 0 aliphatic rings. The van der Waals surface area contributed by atoms with Gasteiger partial charge in [-0.25, -0.2) is 0 Å². The van der Waals surface area contributed by atoms with E-state index in [4.69, 9.17) is 16.3 Å². The fraction of sp³-hybridized carbons (Fsp3) is 0.111. The molecular formula is C18H15ClN2O. The number of aromatic nitrogens is 2. The molecule has 4 heteroatoms. The maximum absolute atomic E-state index is 5.90. The zero-order chi connectivity index (χ0) is 15.5. The summed E-state index contributed by atoms with van der Waals surface area (Å²) in [4.78, 5) is 0. The highest BCUT2D eigenvalue weighted by molar-refractivity contribution is 6.29. The first-order valence-corrected chi connectivity index (χ1v) is 7.33. The van der Waals surface area contributed by atoms with Crippen molar-refractivity contribution in [1.82, 2.24) is 10.2 Å². The molecule has 3 rings (SSSR count). The van der Waals surface area contributed by atoms with Crippen molar-refractivity contribution < 1.29 is 4.74 Å². The number of fused-ring (bicyclic) bond motifs is 1. The predicted molar refractivity (Wildman–Crippen MR) is 89.6 cm³/mol. The van der Waals surface area contributed by atoms with Crippen LogP contribution in [0.25, 0.3) is 10.8 Å². The second-order valence-corrected chi connectivity index (χ2v) is 5.58. The van der Waals surface area contributed by atoms with E-state index in [-0.39, 0.29) is 0 Å². The van der Waals surface area contributed by atoms with Crippen molar-refractivity contribution in [3.05, 3.63) is 71.4 Å². The second-order valence-electron chi connectivity index (χ2n) is 5.19. The van der Waals surface area contributed by atoms with Crippen molar-refractivity contribution in [3.63, 3.8) is 0 Å². The lowest BCUT2D eigenvalue weighted by Gasteiger charge is -2.13. The third-order valence-corrected chi connectivity index (χ3v) is 3.50. The van der Waals surface area contributed by atoms with Gasteiger partial charge in [-0.15, -0.1) is 10.2 Å². The van der Waals surface area contributed by atoms with Gasteiger partial charge in [0.15, 0.2) is 5.15 Å². The Kier molecular flexibility index (Phi) is 4.07. The van der Waals surface area contributed by atoms with E-state index in [1.165, 1.54) is 5.39 Å². The zero-order valence-electron chi connectivity index (χ0n) is 12.2. The molecule has 2 aromatic carbocycles. The van der Waals surface area contributed by atoms with E-state index in [1.807, 2.05) is 31.2 Å². The predicted octanol–water partition coefficient (Wildman–Crippen LogP) is 5.19. The molecule has 0 spiro atoms. The maximum atomic E-state index is 5.90. The van der Waals surface area contributed by atoms with Crippen LogP contribution < -0.4 is 4.74 Å². The molecule has 0 aliphatic carbocycles. The standard InChI is InChI=1S/C18H15ClN2O/c1-12(2)11-15-14-6-4-3-5-13(14)7-8-16(15)22-18-10-9-17(19)20-21-18/h3-10H,1,11H2,2H3. The number of nitrogens with zero attached hydrogens (tertiary/aromatic N) is 2. The van der Waals surface area contributed by atoms with Gasteiger partial charge in [-0.3, -0.25) is 0 Å². The van der Waals surface area contributed by atoms with Gasteiger partial charge in [-0.2, -0.15) is 0 Å². The smallest absolute Gasteiger partial charge is 0.238 e. The molecule has 0 bridgehead atoms. The number of benzene rings is 2. The van der Waals surface area contributed by atoms with Crippen LogP contribution in [0.2, 0.25) is 5.15 Å². The topological polar surface area (TPSA) is 35.0 Å². The highest BCUT2D eigenvalue weighted by Gasteiger charge is 2.11. The summed E-state index contributed by atoms with van der Waals surface area (Å²) in [5, 5.41) is 10.4. The highest BCUT2D eigenvalue weighted by Crippen LogP contribution is 2.32. The minimum atomic E-state index is 0.341. The Morgan fingerprint density at radius 3 is 2.64 bits per heavy atom. The van der Waals surface area contributed by atoms with Crippen LogP contribution in [0.3, 0.4) is 0 Å². The second kappa shape index (κ2) is 6.16. The van der Waals surface area contributed by atoms with Crippen LogP contribution in [0.5, 0.6) is 11.6 Å². The van der Waals surface area contributed by atoms with Gasteiger partial charge in [0, 0.05) is 11.6 Å². The van der Waals surface area contributed by atoms with Gasteiger partial charge < -0.3 is 4.74 Å². The molecule has 110 valence electrons. The van der Waals surface area contributed by atoms with Gasteiger partial charge in [0.05, 0.1) is 0 Å². The molecule has 0 radical (unpaired) electrons. The van der Waals surface area contributed by atoms with Gasteiger partial charge in [-0.1, -0.05) is 54.1 Å². The summed E-state index contributed by atoms with van der Waals surface area (Å²) < 4.78 is 5.90. The average molecular weight is 311 g/mol. The Bertz CT molecular complexity index is 828. The van der Waals surface area contributed by atoms with Crippen molar-refractivity contribution in [2.75, 3.05) is 0 Å². The molecule has 3 nitrogen and oxygen atoms in total. The van der Waals surface area contributed by atoms with E-state index in [2.05, 4.69) is 28.9 Å². The summed E-state index contributed by atoms with van der Waals surface area (Å²) in [5.74, 6) is 1.18. The number of rotatable bonds is 4. The lowest BCUT2D eigenvalue weighted by Crippen LogP contribution is -1.96. The van der Waals surface area contributed by atoms with Crippen LogP contribution in [0, 0.1) is 0 Å². The Balaban J connectivity index is 2.07. The van der Waals surface area contributed by atoms with E-state index >= 15 is 0 Å². The first kappa shape index (κ1) is 14.5. The number of ether oxygens (including phenoxy) is 1. The van der Waals surface area contributed by atoms with Gasteiger partial charge in [0.25, 0.3) is 0 Å². The van der Waals surface area contributed by atoms with Gasteiger partial charge >= 0.3 is 0 Å². The van der Waals surface area contributed by atoms with Crippen molar-refractivity contribution in [3.8, 4) is 11.6 Å². The largest absolute Gasteiger partial charge is 0.437 e. The lowest BCUT2D eigenvalue weighted by molar-refractivity contribution is 0.451. The third kappa shape index (κ3) is 3.10. The molecular weight excluding hydrogens is 296 g/mol. The van der Waals surface area contributed by atoms with Gasteiger partial charge in [0.1, 0.15) is 5.75 Å². The Labute approximate surface area is 134 Å². The van der Waals surface area contributed by atoms with Crippen LogP contribution in [-0.2, 0) is 6.42 Å². The summed E-state index contributed by atoms with van der Waals surface area (Å²) in [6.07, 6.45) is 0.748. The monoisotopic (exact) mass is 310 g/mol. The van der Waals surface area contributed by atoms with E-state index in [0.29, 0.717) is 11.0 Å². The average Bonchev–Trinajstić information content (AvgIpc) is 2.51. The molecule has 1 aromatic heterocycles. The Hall–Kier alpha value is -2.39. The fourth-order valence-electron chi connectivity index (χ4n) is 2.37. The lowest BCUT2D eigenvalue weighted by atomic mass is 9.98. The van der Waals surface area contributed by atoms with E-state index < -0.39 is 0 Å². The van der Waals surface area contributed by atoms with Crippen molar-refractivity contribution in [1.29, 1.82) is 0 Å². The summed E-state index contributed by atoms with van der Waals surface area (Å²) >= 11 is 5.75. The van der Waals surface area contributed by atoms with Crippen LogP contribution in [-0.4, -0.2) is 10.2 Å². The summed E-state index contributed by atoms with van der Waals surface area (Å²) in [7, 11) is 0. The van der Waals surface area contributed by atoms with Gasteiger partial charge in [0.2, 0.25) is 5.88 Å². The molecule has 0 atom stereocenters. The molecule has 0 saturated heterocycles. The van der Waals surface area contributed by atoms with Crippen LogP contribution >= 0.6 is 11.6 Å². The Morgan fingerprint density at radius 2 is 1.91 bits per heavy atom. The summed E-state index contributed by atoms with van der Waals surface area (Å²) in [6.45, 7) is 6.02. The summed E-state index contributed by atoms with van der Waals surface area (Å²) in [6, 6.07) is 15.6. The quantitative estimate of drug-likeness (QED) is 0.622. The molecule has 0 saturated carbocycles. The fourth-order valence-corrected chi connectivity index (χ4v) is 2.47. The SMILES string of the molecule is C=C(C)Cc1c(Oc2ccc(Cl)nn2)ccc2ccccc12. The van der Waals surface area contributed by atoms with Crippen LogP contribution in [0.1, 0.15) is 12.5 Å². The number of allylic oxidation sites excluding steroid dienone is 1. The molecule has 22 heavy (non-hydrogen) atoms. The molecule has 0 amide bonds. The number of halogens is 1. The number of hydrogen-bond donors (Lipinski definition) is 0. The normalized spacial score (nSPS) is 10.6. The zero-order valence-corrected chi connectivity index (χ0v) is 13.0. The highest BCUT2D eigenvalue weighted by atomic mass is 35.5. The molecule has 3 aromatic rings. The molecule has 1 heterocycles. The van der Waals surface area contributed by atoms with Crippen molar-refractivity contribution in [2.45, 2.75) is 13.3 Å². The Morgan fingerprint density at radius 1 is 1.09 bits per heavy atom. The summed E-state index contributed by atoms with van der Waals surface area (Å²) in [5.41, 5.74) is 2.17. The van der Waals surface area contributed by atoms with Gasteiger partial charge in [-0.05, 0) is 36.2 Å². The van der Waals surface area contributed by atoms with E-state index in [0.717, 1.165) is 28.7 Å². The van der Waals surface area contributed by atoms with Crippen LogP contribution in [0.15, 0.2) is 60.7 Å². The molecule has 0 unspecified atom stereocenters.